The summed E-state index contributed by atoms with van der Waals surface area (Å²) >= 11 is 1.20. The molecule has 1 aromatic heterocycles. The van der Waals surface area contributed by atoms with Gasteiger partial charge in [-0.2, -0.15) is 0 Å². The molecule has 1 fully saturated rings. The molecule has 1 unspecified atom stereocenters. The number of thiophene rings is 1. The van der Waals surface area contributed by atoms with Crippen molar-refractivity contribution >= 4 is 23.0 Å². The van der Waals surface area contributed by atoms with E-state index < -0.39 is 5.97 Å². The number of benzene rings is 1. The zero-order valence-electron chi connectivity index (χ0n) is 14.2. The Morgan fingerprint density at radius 2 is 2.16 bits per heavy atom. The van der Waals surface area contributed by atoms with E-state index in [0.717, 1.165) is 29.7 Å². The van der Waals surface area contributed by atoms with Gasteiger partial charge in [0, 0.05) is 17.0 Å². The number of para-hydroxylation sites is 1. The zero-order valence-corrected chi connectivity index (χ0v) is 15.0. The van der Waals surface area contributed by atoms with E-state index in [2.05, 4.69) is 5.32 Å². The van der Waals surface area contributed by atoms with Crippen LogP contribution in [-0.4, -0.2) is 38.1 Å². The van der Waals surface area contributed by atoms with Crippen molar-refractivity contribution in [2.75, 3.05) is 26.1 Å². The Morgan fingerprint density at radius 3 is 2.80 bits per heavy atom. The molecule has 134 valence electrons. The molecule has 1 aliphatic heterocycles. The van der Waals surface area contributed by atoms with Gasteiger partial charge in [0.1, 0.15) is 11.1 Å². The monoisotopic (exact) mass is 363 g/mol. The summed E-state index contributed by atoms with van der Waals surface area (Å²) in [5.41, 5.74) is 1.37. The molecular formula is C18H21NO5S. The second kappa shape index (κ2) is 7.76. The molecule has 2 aromatic rings. The Labute approximate surface area is 150 Å². The summed E-state index contributed by atoms with van der Waals surface area (Å²) < 4.78 is 16.5. The average molecular weight is 363 g/mol. The fourth-order valence-electron chi connectivity index (χ4n) is 2.90. The Balaban J connectivity index is 1.98. The van der Waals surface area contributed by atoms with Gasteiger partial charge in [0.25, 0.3) is 0 Å². The Morgan fingerprint density at radius 1 is 1.32 bits per heavy atom. The average Bonchev–Trinajstić information content (AvgIpc) is 3.05. The second-order valence-electron chi connectivity index (χ2n) is 5.70. The molecule has 7 heteroatoms. The molecule has 0 aliphatic carbocycles. The maximum atomic E-state index is 11.7. The van der Waals surface area contributed by atoms with Gasteiger partial charge in [-0.25, -0.2) is 4.79 Å². The summed E-state index contributed by atoms with van der Waals surface area (Å²) in [5, 5.41) is 12.8. The molecule has 3 rings (SSSR count). The number of carboxylic acids is 1. The number of hydrogen-bond acceptors (Lipinski definition) is 6. The zero-order chi connectivity index (χ0) is 17.8. The molecule has 1 atom stereocenters. The molecule has 1 saturated heterocycles. The first-order chi connectivity index (χ1) is 12.1. The summed E-state index contributed by atoms with van der Waals surface area (Å²) in [7, 11) is 3.15. The van der Waals surface area contributed by atoms with E-state index in [1.807, 2.05) is 24.3 Å². The number of aromatic carboxylic acids is 1. The van der Waals surface area contributed by atoms with Crippen LogP contribution in [0.2, 0.25) is 0 Å². The van der Waals surface area contributed by atoms with Gasteiger partial charge in [0.05, 0.1) is 19.9 Å². The highest BCUT2D eigenvalue weighted by Gasteiger charge is 2.22. The third-order valence-electron chi connectivity index (χ3n) is 4.09. The molecule has 0 amide bonds. The first-order valence-electron chi connectivity index (χ1n) is 8.10. The normalized spacial score (nSPS) is 17.1. The topological polar surface area (TPSA) is 77.0 Å². The third-order valence-corrected chi connectivity index (χ3v) is 5.25. The number of carbonyl (C=O) groups is 1. The first-order valence-corrected chi connectivity index (χ1v) is 8.92. The summed E-state index contributed by atoms with van der Waals surface area (Å²) in [6.07, 6.45) is 2.83. The molecule has 0 spiro atoms. The summed E-state index contributed by atoms with van der Waals surface area (Å²) in [6.45, 7) is 0.695. The van der Waals surface area contributed by atoms with Gasteiger partial charge in [0.15, 0.2) is 11.5 Å². The van der Waals surface area contributed by atoms with Crippen LogP contribution in [0.25, 0.3) is 10.4 Å². The highest BCUT2D eigenvalue weighted by Crippen LogP contribution is 2.43. The van der Waals surface area contributed by atoms with Gasteiger partial charge in [0.2, 0.25) is 0 Å². The minimum Gasteiger partial charge on any atom is -0.493 e. The van der Waals surface area contributed by atoms with Crippen LogP contribution in [0.1, 0.15) is 28.9 Å². The highest BCUT2D eigenvalue weighted by molar-refractivity contribution is 7.18. The van der Waals surface area contributed by atoms with Gasteiger partial charge in [-0.3, -0.25) is 0 Å². The van der Waals surface area contributed by atoms with Crippen molar-refractivity contribution in [3.8, 4) is 21.9 Å². The van der Waals surface area contributed by atoms with E-state index in [1.165, 1.54) is 11.3 Å². The van der Waals surface area contributed by atoms with Crippen LogP contribution in [0.5, 0.6) is 11.5 Å². The predicted molar refractivity (Wildman–Crippen MR) is 97.0 cm³/mol. The van der Waals surface area contributed by atoms with Gasteiger partial charge in [-0.15, -0.1) is 11.3 Å². The number of methoxy groups -OCH3 is 2. The van der Waals surface area contributed by atoms with Crippen molar-refractivity contribution in [3.05, 3.63) is 29.1 Å². The van der Waals surface area contributed by atoms with Crippen molar-refractivity contribution in [3.63, 3.8) is 0 Å². The van der Waals surface area contributed by atoms with Gasteiger partial charge in [-0.05, 0) is 37.5 Å². The minimum absolute atomic E-state index is 0.151. The van der Waals surface area contributed by atoms with E-state index in [-0.39, 0.29) is 11.1 Å². The van der Waals surface area contributed by atoms with E-state index in [1.54, 1.807) is 14.2 Å². The van der Waals surface area contributed by atoms with Crippen LogP contribution < -0.4 is 14.8 Å². The number of carboxylic acid groups (broad SMARTS) is 1. The maximum Gasteiger partial charge on any atom is 0.348 e. The quantitative estimate of drug-likeness (QED) is 0.806. The van der Waals surface area contributed by atoms with E-state index in [4.69, 9.17) is 14.2 Å². The SMILES string of the molecule is COc1cccc(-c2cc(NC3CCCCO3)c(C(=O)O)s2)c1OC. The van der Waals surface area contributed by atoms with Crippen molar-refractivity contribution < 1.29 is 24.1 Å². The summed E-state index contributed by atoms with van der Waals surface area (Å²) in [4.78, 5) is 12.7. The lowest BCUT2D eigenvalue weighted by Crippen LogP contribution is -2.27. The lowest BCUT2D eigenvalue weighted by atomic mass is 10.1. The third kappa shape index (κ3) is 3.72. The molecule has 2 heterocycles. The van der Waals surface area contributed by atoms with Crippen LogP contribution in [0, 0.1) is 0 Å². The van der Waals surface area contributed by atoms with Gasteiger partial charge < -0.3 is 24.6 Å². The molecule has 0 saturated carbocycles. The molecule has 0 bridgehead atoms. The first kappa shape index (κ1) is 17.6. The summed E-state index contributed by atoms with van der Waals surface area (Å²) in [5.74, 6) is 0.232. The van der Waals surface area contributed by atoms with Crippen LogP contribution in [0.3, 0.4) is 0 Å². The summed E-state index contributed by atoms with van der Waals surface area (Å²) in [6, 6.07) is 7.39. The van der Waals surface area contributed by atoms with Gasteiger partial charge in [-0.1, -0.05) is 6.07 Å². The Kier molecular flexibility index (Phi) is 5.45. The number of nitrogens with one attached hydrogen (secondary N) is 1. The standard InChI is InChI=1S/C18H21NO5S/c1-22-13-7-5-6-11(16(13)23-2)14-10-12(17(25-14)18(20)21)19-15-8-3-4-9-24-15/h5-7,10,15,19H,3-4,8-9H2,1-2H3,(H,20,21). The lowest BCUT2D eigenvalue weighted by molar-refractivity contribution is 0.0343. The molecule has 2 N–H and O–H groups in total. The largest absolute Gasteiger partial charge is 0.493 e. The van der Waals surface area contributed by atoms with Crippen LogP contribution in [-0.2, 0) is 4.74 Å². The number of rotatable bonds is 6. The van der Waals surface area contributed by atoms with Crippen LogP contribution in [0.15, 0.2) is 24.3 Å². The number of anilines is 1. The molecule has 25 heavy (non-hydrogen) atoms. The Bertz CT molecular complexity index is 752. The van der Waals surface area contributed by atoms with Crippen LogP contribution >= 0.6 is 11.3 Å². The van der Waals surface area contributed by atoms with Crippen molar-refractivity contribution in [1.82, 2.24) is 0 Å². The molecule has 1 aliphatic rings. The van der Waals surface area contributed by atoms with Crippen molar-refractivity contribution in [2.24, 2.45) is 0 Å². The minimum atomic E-state index is -0.962. The number of ether oxygens (including phenoxy) is 3. The fraction of sp³-hybridized carbons (Fsp3) is 0.389. The molecule has 1 aromatic carbocycles. The van der Waals surface area contributed by atoms with Crippen LogP contribution in [0.4, 0.5) is 5.69 Å². The highest BCUT2D eigenvalue weighted by atomic mass is 32.1. The molecular weight excluding hydrogens is 342 g/mol. The lowest BCUT2D eigenvalue weighted by Gasteiger charge is -2.24. The molecule has 0 radical (unpaired) electrons. The predicted octanol–water partition coefficient (Wildman–Crippen LogP) is 4.07. The van der Waals surface area contributed by atoms with E-state index in [9.17, 15) is 9.90 Å². The fourth-order valence-corrected chi connectivity index (χ4v) is 3.88. The van der Waals surface area contributed by atoms with E-state index in [0.29, 0.717) is 23.8 Å². The van der Waals surface area contributed by atoms with E-state index >= 15 is 0 Å². The number of hydrogen-bond donors (Lipinski definition) is 2. The Hall–Kier alpha value is -2.25. The second-order valence-corrected chi connectivity index (χ2v) is 6.75. The smallest absolute Gasteiger partial charge is 0.348 e. The van der Waals surface area contributed by atoms with Crippen molar-refractivity contribution in [1.29, 1.82) is 0 Å². The van der Waals surface area contributed by atoms with Gasteiger partial charge >= 0.3 is 5.97 Å². The maximum absolute atomic E-state index is 11.7. The van der Waals surface area contributed by atoms with Crippen molar-refractivity contribution in [2.45, 2.75) is 25.5 Å². The molecule has 6 nitrogen and oxygen atoms in total.